The highest BCUT2D eigenvalue weighted by molar-refractivity contribution is 5.76. The summed E-state index contributed by atoms with van der Waals surface area (Å²) in [4.78, 5) is 22.7. The van der Waals surface area contributed by atoms with Crippen LogP contribution in [-0.2, 0) is 11.3 Å². The molecule has 3 aromatic rings. The molecule has 6 heteroatoms. The molecule has 0 spiro atoms. The van der Waals surface area contributed by atoms with E-state index in [1.54, 1.807) is 10.9 Å². The zero-order valence-corrected chi connectivity index (χ0v) is 14.0. The number of hydrogen-bond acceptors (Lipinski definition) is 3. The van der Waals surface area contributed by atoms with Crippen molar-refractivity contribution < 1.29 is 4.79 Å². The van der Waals surface area contributed by atoms with Gasteiger partial charge in [-0.05, 0) is 30.9 Å². The number of carbonyl (C=O) groups is 1. The standard InChI is InChI=1S/C19H21N5O/c25-18(14-23-11-6-10-21-23)24-12-5-4-9-17(24)19-20-13-16(22-19)15-7-2-1-3-8-15/h1-3,6-8,10-11,13,17H,4-5,9,12,14H2,(H,20,22)/t17-/m0/s1. The van der Waals surface area contributed by atoms with Gasteiger partial charge in [-0.1, -0.05) is 30.3 Å². The molecule has 4 rings (SSSR count). The Morgan fingerprint density at radius 1 is 1.20 bits per heavy atom. The van der Waals surface area contributed by atoms with Gasteiger partial charge in [-0.2, -0.15) is 5.10 Å². The first-order valence-electron chi connectivity index (χ1n) is 8.68. The van der Waals surface area contributed by atoms with Crippen LogP contribution in [0.15, 0.2) is 55.0 Å². The number of nitrogens with zero attached hydrogens (tertiary/aromatic N) is 4. The third kappa shape index (κ3) is 3.33. The van der Waals surface area contributed by atoms with Crippen LogP contribution in [0.1, 0.15) is 31.1 Å². The predicted octanol–water partition coefficient (Wildman–Crippen LogP) is 3.03. The number of imidazole rings is 1. The lowest BCUT2D eigenvalue weighted by Gasteiger charge is -2.34. The van der Waals surface area contributed by atoms with E-state index in [9.17, 15) is 4.79 Å². The molecule has 1 aliphatic heterocycles. The lowest BCUT2D eigenvalue weighted by Crippen LogP contribution is -2.40. The first-order chi connectivity index (χ1) is 12.3. The van der Waals surface area contributed by atoms with Gasteiger partial charge < -0.3 is 9.88 Å². The van der Waals surface area contributed by atoms with E-state index in [2.05, 4.69) is 27.2 Å². The summed E-state index contributed by atoms with van der Waals surface area (Å²) in [6, 6.07) is 12.0. The van der Waals surface area contributed by atoms with E-state index in [-0.39, 0.29) is 18.5 Å². The maximum Gasteiger partial charge on any atom is 0.244 e. The van der Waals surface area contributed by atoms with Gasteiger partial charge in [0.15, 0.2) is 0 Å². The maximum absolute atomic E-state index is 12.7. The normalized spacial score (nSPS) is 17.6. The molecule has 25 heavy (non-hydrogen) atoms. The van der Waals surface area contributed by atoms with Crippen molar-refractivity contribution in [2.75, 3.05) is 6.54 Å². The second kappa shape index (κ2) is 6.93. The average Bonchev–Trinajstić information content (AvgIpc) is 3.34. The van der Waals surface area contributed by atoms with Gasteiger partial charge in [0.05, 0.1) is 17.9 Å². The quantitative estimate of drug-likeness (QED) is 0.797. The molecule has 1 fully saturated rings. The molecule has 1 amide bonds. The number of nitrogens with one attached hydrogen (secondary N) is 1. The molecule has 0 saturated carbocycles. The van der Waals surface area contributed by atoms with Gasteiger partial charge >= 0.3 is 0 Å². The Bertz CT molecular complexity index is 825. The van der Waals surface area contributed by atoms with Crippen LogP contribution in [0.3, 0.4) is 0 Å². The fourth-order valence-electron chi connectivity index (χ4n) is 3.41. The monoisotopic (exact) mass is 335 g/mol. The second-order valence-corrected chi connectivity index (χ2v) is 6.35. The highest BCUT2D eigenvalue weighted by Gasteiger charge is 2.30. The van der Waals surface area contributed by atoms with Crippen molar-refractivity contribution in [1.82, 2.24) is 24.6 Å². The van der Waals surface area contributed by atoms with Gasteiger partial charge in [0.25, 0.3) is 0 Å². The third-order valence-electron chi connectivity index (χ3n) is 4.68. The number of aromatic nitrogens is 4. The summed E-state index contributed by atoms with van der Waals surface area (Å²) in [7, 11) is 0. The Morgan fingerprint density at radius 3 is 2.88 bits per heavy atom. The lowest BCUT2D eigenvalue weighted by molar-refractivity contribution is -0.136. The average molecular weight is 335 g/mol. The SMILES string of the molecule is O=C(Cn1cccn1)N1CCCC[C@H]1c1ncc(-c2ccccc2)[nH]1. The molecule has 1 aromatic carbocycles. The number of rotatable bonds is 4. The van der Waals surface area contributed by atoms with E-state index in [4.69, 9.17) is 0 Å². The molecule has 128 valence electrons. The molecule has 0 aliphatic carbocycles. The summed E-state index contributed by atoms with van der Waals surface area (Å²) >= 11 is 0. The maximum atomic E-state index is 12.7. The molecule has 1 aliphatic rings. The van der Waals surface area contributed by atoms with Crippen LogP contribution in [0.4, 0.5) is 0 Å². The number of benzene rings is 1. The van der Waals surface area contributed by atoms with Crippen LogP contribution < -0.4 is 0 Å². The minimum Gasteiger partial charge on any atom is -0.340 e. The highest BCUT2D eigenvalue weighted by Crippen LogP contribution is 2.30. The largest absolute Gasteiger partial charge is 0.340 e. The Balaban J connectivity index is 1.55. The fraction of sp³-hybridized carbons (Fsp3) is 0.316. The molecule has 6 nitrogen and oxygen atoms in total. The Labute approximate surface area is 146 Å². The van der Waals surface area contributed by atoms with Crippen LogP contribution in [0.2, 0.25) is 0 Å². The summed E-state index contributed by atoms with van der Waals surface area (Å²) in [6.07, 6.45) is 8.45. The predicted molar refractivity (Wildman–Crippen MR) is 94.6 cm³/mol. The summed E-state index contributed by atoms with van der Waals surface area (Å²) < 4.78 is 1.67. The van der Waals surface area contributed by atoms with Crippen LogP contribution >= 0.6 is 0 Å². The summed E-state index contributed by atoms with van der Waals surface area (Å²) in [5, 5.41) is 4.14. The molecule has 1 N–H and O–H groups in total. The molecule has 0 radical (unpaired) electrons. The fourth-order valence-corrected chi connectivity index (χ4v) is 3.41. The summed E-state index contributed by atoms with van der Waals surface area (Å²) in [5.74, 6) is 0.957. The highest BCUT2D eigenvalue weighted by atomic mass is 16.2. The van der Waals surface area contributed by atoms with Gasteiger partial charge in [0.2, 0.25) is 5.91 Å². The summed E-state index contributed by atoms with van der Waals surface area (Å²) in [6.45, 7) is 1.04. The van der Waals surface area contributed by atoms with E-state index in [0.29, 0.717) is 0 Å². The zero-order valence-electron chi connectivity index (χ0n) is 14.0. The molecular weight excluding hydrogens is 314 g/mol. The van der Waals surface area contributed by atoms with Gasteiger partial charge in [-0.25, -0.2) is 4.98 Å². The van der Waals surface area contributed by atoms with E-state index >= 15 is 0 Å². The van der Waals surface area contributed by atoms with Gasteiger partial charge in [-0.15, -0.1) is 0 Å². The minimum atomic E-state index is 0.00859. The Kier molecular flexibility index (Phi) is 4.33. The molecule has 2 aromatic heterocycles. The van der Waals surface area contributed by atoms with Crippen LogP contribution in [0.25, 0.3) is 11.3 Å². The molecule has 1 saturated heterocycles. The van der Waals surface area contributed by atoms with Crippen LogP contribution in [0, 0.1) is 0 Å². The van der Waals surface area contributed by atoms with Crippen molar-refractivity contribution in [3.63, 3.8) is 0 Å². The van der Waals surface area contributed by atoms with E-state index in [0.717, 1.165) is 42.9 Å². The number of piperidine rings is 1. The molecule has 0 unspecified atom stereocenters. The van der Waals surface area contributed by atoms with Gasteiger partial charge in [0.1, 0.15) is 12.4 Å². The minimum absolute atomic E-state index is 0.00859. The van der Waals surface area contributed by atoms with Crippen molar-refractivity contribution >= 4 is 5.91 Å². The Morgan fingerprint density at radius 2 is 2.08 bits per heavy atom. The number of H-pyrrole nitrogens is 1. The zero-order chi connectivity index (χ0) is 17.1. The number of amides is 1. The van der Waals surface area contributed by atoms with Gasteiger partial charge in [-0.3, -0.25) is 9.48 Å². The molecule has 1 atom stereocenters. The Hall–Kier alpha value is -2.89. The van der Waals surface area contributed by atoms with E-state index in [1.165, 1.54) is 0 Å². The van der Waals surface area contributed by atoms with Gasteiger partial charge in [0, 0.05) is 18.9 Å². The molecule has 3 heterocycles. The van der Waals surface area contributed by atoms with E-state index < -0.39 is 0 Å². The van der Waals surface area contributed by atoms with Crippen molar-refractivity contribution in [2.24, 2.45) is 0 Å². The summed E-state index contributed by atoms with van der Waals surface area (Å²) in [5.41, 5.74) is 2.09. The van der Waals surface area contributed by atoms with Crippen molar-refractivity contribution in [1.29, 1.82) is 0 Å². The van der Waals surface area contributed by atoms with E-state index in [1.807, 2.05) is 41.6 Å². The van der Waals surface area contributed by atoms with Crippen LogP contribution in [0.5, 0.6) is 0 Å². The number of aromatic amines is 1. The lowest BCUT2D eigenvalue weighted by atomic mass is 10.0. The number of carbonyl (C=O) groups excluding carboxylic acids is 1. The smallest absolute Gasteiger partial charge is 0.244 e. The third-order valence-corrected chi connectivity index (χ3v) is 4.68. The van der Waals surface area contributed by atoms with Crippen molar-refractivity contribution in [2.45, 2.75) is 31.8 Å². The molecule has 0 bridgehead atoms. The molecular formula is C19H21N5O. The van der Waals surface area contributed by atoms with Crippen molar-refractivity contribution in [3.05, 3.63) is 60.8 Å². The van der Waals surface area contributed by atoms with Crippen LogP contribution in [-0.4, -0.2) is 37.1 Å². The number of likely N-dealkylation sites (tertiary alicyclic amines) is 1. The number of hydrogen-bond donors (Lipinski definition) is 1. The second-order valence-electron chi connectivity index (χ2n) is 6.35. The van der Waals surface area contributed by atoms with Crippen molar-refractivity contribution in [3.8, 4) is 11.3 Å². The first kappa shape index (κ1) is 15.6. The first-order valence-corrected chi connectivity index (χ1v) is 8.68. The topological polar surface area (TPSA) is 66.8 Å².